The summed E-state index contributed by atoms with van der Waals surface area (Å²) in [7, 11) is 3.36. The number of alkyl halides is 1. The van der Waals surface area contributed by atoms with Gasteiger partial charge in [0, 0.05) is 30.6 Å². The Morgan fingerprint density at radius 3 is 2.44 bits per heavy atom. The van der Waals surface area contributed by atoms with Crippen LogP contribution in [0.2, 0.25) is 0 Å². The summed E-state index contributed by atoms with van der Waals surface area (Å²) in [4.78, 5) is 0. The van der Waals surface area contributed by atoms with E-state index in [-0.39, 0.29) is 0 Å². The molecule has 0 heterocycles. The average molecular weight is 336 g/mol. The third-order valence-electron chi connectivity index (χ3n) is 2.09. The fourth-order valence-corrected chi connectivity index (χ4v) is 1.74. The fraction of sp³-hybridized carbons (Fsp3) is 0.500. The first-order valence-corrected chi connectivity index (χ1v) is 6.68. The van der Waals surface area contributed by atoms with Crippen LogP contribution in [-0.2, 0) is 9.16 Å². The number of benzene rings is 1. The smallest absolute Gasteiger partial charge is 0.123 e. The Hall–Kier alpha value is -0.490. The summed E-state index contributed by atoms with van der Waals surface area (Å²) in [6.45, 7) is 1.39. The van der Waals surface area contributed by atoms with Gasteiger partial charge in [-0.2, -0.15) is 0 Å². The van der Waals surface area contributed by atoms with Crippen molar-refractivity contribution in [3.05, 3.63) is 23.8 Å². The van der Waals surface area contributed by atoms with Crippen molar-refractivity contribution in [3.63, 3.8) is 0 Å². The molecule has 0 atom stereocenters. The van der Waals surface area contributed by atoms with Gasteiger partial charge in [-0.05, 0) is 17.7 Å². The summed E-state index contributed by atoms with van der Waals surface area (Å²) in [6, 6.07) is 5.97. The van der Waals surface area contributed by atoms with Gasteiger partial charge in [0.25, 0.3) is 0 Å². The van der Waals surface area contributed by atoms with Crippen molar-refractivity contribution in [1.29, 1.82) is 0 Å². The van der Waals surface area contributed by atoms with Crippen LogP contribution in [0.1, 0.15) is 12.0 Å². The minimum absolute atomic E-state index is 0.668. The lowest BCUT2D eigenvalue weighted by atomic mass is 10.2. The van der Waals surface area contributed by atoms with Crippen molar-refractivity contribution in [2.45, 2.75) is 10.8 Å². The summed E-state index contributed by atoms with van der Waals surface area (Å²) in [6.07, 6.45) is 0.896. The second kappa shape index (κ2) is 7.73. The quantitative estimate of drug-likeness (QED) is 0.435. The Kier molecular flexibility index (Phi) is 6.56. The third-order valence-corrected chi connectivity index (χ3v) is 2.97. The molecule has 1 aromatic rings. The maximum atomic E-state index is 5.63. The van der Waals surface area contributed by atoms with E-state index in [4.69, 9.17) is 14.2 Å². The topological polar surface area (TPSA) is 27.7 Å². The van der Waals surface area contributed by atoms with E-state index in [1.807, 2.05) is 18.2 Å². The molecule has 0 aliphatic heterocycles. The lowest BCUT2D eigenvalue weighted by Crippen LogP contribution is -2.01. The van der Waals surface area contributed by atoms with E-state index in [2.05, 4.69) is 22.6 Å². The number of ether oxygens (including phenoxy) is 3. The highest BCUT2D eigenvalue weighted by Gasteiger charge is 2.01. The maximum Gasteiger partial charge on any atom is 0.123 e. The Morgan fingerprint density at radius 1 is 1.06 bits per heavy atom. The predicted octanol–water partition coefficient (Wildman–Crippen LogP) is 3.05. The molecule has 0 spiro atoms. The zero-order valence-corrected chi connectivity index (χ0v) is 11.8. The average Bonchev–Trinajstić information content (AvgIpc) is 2.34. The molecule has 0 bridgehead atoms. The van der Waals surface area contributed by atoms with Gasteiger partial charge < -0.3 is 14.2 Å². The summed E-state index contributed by atoms with van der Waals surface area (Å²) >= 11 is 2.32. The molecule has 0 saturated carbocycles. The van der Waals surface area contributed by atoms with Crippen LogP contribution in [0.3, 0.4) is 0 Å². The first-order chi connectivity index (χ1) is 7.80. The molecule has 0 aliphatic carbocycles. The minimum atomic E-state index is 0.668. The van der Waals surface area contributed by atoms with Gasteiger partial charge in [0.1, 0.15) is 11.5 Å². The van der Waals surface area contributed by atoms with Gasteiger partial charge in [0.15, 0.2) is 0 Å². The molecule has 3 nitrogen and oxygen atoms in total. The monoisotopic (exact) mass is 336 g/mol. The van der Waals surface area contributed by atoms with E-state index in [0.717, 1.165) is 29.0 Å². The fourth-order valence-electron chi connectivity index (χ4n) is 1.30. The van der Waals surface area contributed by atoms with Crippen LogP contribution < -0.4 is 9.47 Å². The van der Waals surface area contributed by atoms with Gasteiger partial charge in [-0.15, -0.1) is 0 Å². The van der Waals surface area contributed by atoms with Crippen LogP contribution in [0.5, 0.6) is 11.5 Å². The van der Waals surface area contributed by atoms with Crippen LogP contribution in [0.25, 0.3) is 0 Å². The first-order valence-electron chi connectivity index (χ1n) is 5.15. The predicted molar refractivity (Wildman–Crippen MR) is 72.7 cm³/mol. The molecule has 0 unspecified atom stereocenters. The van der Waals surface area contributed by atoms with E-state index in [1.54, 1.807) is 14.2 Å². The van der Waals surface area contributed by atoms with Crippen molar-refractivity contribution >= 4 is 22.6 Å². The van der Waals surface area contributed by atoms with Gasteiger partial charge in [0.2, 0.25) is 0 Å². The molecule has 1 aromatic carbocycles. The Morgan fingerprint density at radius 2 is 1.81 bits per heavy atom. The summed E-state index contributed by atoms with van der Waals surface area (Å²) in [5.41, 5.74) is 1.21. The maximum absolute atomic E-state index is 5.63. The number of rotatable bonds is 7. The van der Waals surface area contributed by atoms with Crippen LogP contribution in [-0.4, -0.2) is 27.4 Å². The molecular formula is C12H17IO3. The van der Waals surface area contributed by atoms with Crippen LogP contribution in [0.15, 0.2) is 18.2 Å². The van der Waals surface area contributed by atoms with Crippen molar-refractivity contribution in [3.8, 4) is 11.5 Å². The van der Waals surface area contributed by atoms with Gasteiger partial charge in [-0.1, -0.05) is 22.6 Å². The van der Waals surface area contributed by atoms with Crippen molar-refractivity contribution < 1.29 is 14.2 Å². The Labute approximate surface area is 110 Å². The van der Waals surface area contributed by atoms with Crippen LogP contribution >= 0.6 is 22.6 Å². The molecule has 0 saturated heterocycles. The Balaban J connectivity index is 2.57. The second-order valence-electron chi connectivity index (χ2n) is 3.35. The molecule has 0 aromatic heterocycles. The zero-order valence-electron chi connectivity index (χ0n) is 9.66. The van der Waals surface area contributed by atoms with Crippen LogP contribution in [0.4, 0.5) is 0 Å². The highest BCUT2D eigenvalue weighted by molar-refractivity contribution is 14.1. The molecule has 4 heteroatoms. The standard InChI is InChI=1S/C12H17IO3/c1-14-4-3-5-16-12-7-10(9-13)6-11(8-12)15-2/h6-8H,3-5,9H2,1-2H3. The highest BCUT2D eigenvalue weighted by atomic mass is 127. The van der Waals surface area contributed by atoms with E-state index in [0.29, 0.717) is 6.61 Å². The molecule has 16 heavy (non-hydrogen) atoms. The molecule has 1 rings (SSSR count). The number of hydrogen-bond acceptors (Lipinski definition) is 3. The molecule has 0 aliphatic rings. The van der Waals surface area contributed by atoms with E-state index in [1.165, 1.54) is 5.56 Å². The minimum Gasteiger partial charge on any atom is -0.497 e. The normalized spacial score (nSPS) is 10.2. The summed E-state index contributed by atoms with van der Waals surface area (Å²) in [5, 5.41) is 0. The largest absolute Gasteiger partial charge is 0.497 e. The lowest BCUT2D eigenvalue weighted by molar-refractivity contribution is 0.172. The van der Waals surface area contributed by atoms with Crippen molar-refractivity contribution in [1.82, 2.24) is 0 Å². The van der Waals surface area contributed by atoms with E-state index < -0.39 is 0 Å². The van der Waals surface area contributed by atoms with E-state index in [9.17, 15) is 0 Å². The molecular weight excluding hydrogens is 319 g/mol. The molecule has 0 N–H and O–H groups in total. The summed E-state index contributed by atoms with van der Waals surface area (Å²) in [5.74, 6) is 1.71. The van der Waals surface area contributed by atoms with E-state index >= 15 is 0 Å². The summed E-state index contributed by atoms with van der Waals surface area (Å²) < 4.78 is 16.8. The molecule has 90 valence electrons. The third kappa shape index (κ3) is 4.57. The lowest BCUT2D eigenvalue weighted by Gasteiger charge is -2.09. The van der Waals surface area contributed by atoms with Gasteiger partial charge in [-0.3, -0.25) is 0 Å². The van der Waals surface area contributed by atoms with Gasteiger partial charge in [-0.25, -0.2) is 0 Å². The Bertz CT molecular complexity index is 293. The van der Waals surface area contributed by atoms with Crippen molar-refractivity contribution in [2.24, 2.45) is 0 Å². The molecule has 0 radical (unpaired) electrons. The highest BCUT2D eigenvalue weighted by Crippen LogP contribution is 2.24. The van der Waals surface area contributed by atoms with Gasteiger partial charge >= 0.3 is 0 Å². The number of halogens is 1. The van der Waals surface area contributed by atoms with Crippen molar-refractivity contribution in [2.75, 3.05) is 27.4 Å². The molecule has 0 fully saturated rings. The second-order valence-corrected chi connectivity index (χ2v) is 4.11. The number of hydrogen-bond donors (Lipinski definition) is 0. The van der Waals surface area contributed by atoms with Gasteiger partial charge in [0.05, 0.1) is 13.7 Å². The zero-order chi connectivity index (χ0) is 11.8. The number of methoxy groups -OCH3 is 2. The SMILES string of the molecule is COCCCOc1cc(CI)cc(OC)c1. The molecule has 0 amide bonds. The first kappa shape index (κ1) is 13.6. The van der Waals surface area contributed by atoms with Crippen LogP contribution in [0, 0.1) is 0 Å².